The van der Waals surface area contributed by atoms with E-state index in [1.165, 1.54) is 36.2 Å². The van der Waals surface area contributed by atoms with E-state index < -0.39 is 27.5 Å². The molecule has 0 aliphatic carbocycles. The molecular formula is C32H26ClF3N6O3S. The first kappa shape index (κ1) is 32.4. The van der Waals surface area contributed by atoms with E-state index in [0.717, 1.165) is 23.3 Å². The number of carbonyl (C=O) groups excluding carboxylic acids is 1. The number of hydrogen-bond donors (Lipinski definition) is 2. The summed E-state index contributed by atoms with van der Waals surface area (Å²) < 4.78 is 65.1. The van der Waals surface area contributed by atoms with Crippen LogP contribution in [0.4, 0.5) is 18.9 Å². The standard InChI is InChI=1S/C32H26ClF3N6O3S/c1-20(43)38-30(37)40-31(42-19-28(21-5-3-2-4-6-21)29(41-42)22-7-11-24(33)12-8-22)39-25-13-17-27(18-14-25)46(44,45)26-15-9-23(10-16-26)32(34,35)36/h2-18,28H,19H2,1H3,(H3,37,38,39,40,43)/t28-/m1/s1. The monoisotopic (exact) mass is 666 g/mol. The Hall–Kier alpha value is -5.01. The number of rotatable bonds is 5. The van der Waals surface area contributed by atoms with E-state index in [0.29, 0.717) is 29.4 Å². The minimum atomic E-state index is -4.60. The van der Waals surface area contributed by atoms with E-state index in [1.54, 1.807) is 12.1 Å². The van der Waals surface area contributed by atoms with Crippen LogP contribution in [0.25, 0.3) is 0 Å². The van der Waals surface area contributed by atoms with Crippen molar-refractivity contribution < 1.29 is 26.4 Å². The third kappa shape index (κ3) is 7.44. The molecule has 3 N–H and O–H groups in total. The van der Waals surface area contributed by atoms with Crippen LogP contribution in [-0.4, -0.2) is 43.5 Å². The molecule has 1 heterocycles. The van der Waals surface area contributed by atoms with E-state index in [9.17, 15) is 26.4 Å². The molecule has 0 aromatic heterocycles. The molecule has 0 bridgehead atoms. The van der Waals surface area contributed by atoms with Crippen LogP contribution in [0.15, 0.2) is 128 Å². The first-order valence-corrected chi connectivity index (χ1v) is 15.6. The molecule has 1 aliphatic heterocycles. The van der Waals surface area contributed by atoms with Crippen molar-refractivity contribution in [1.29, 1.82) is 0 Å². The second-order valence-corrected chi connectivity index (χ2v) is 12.5. The fourth-order valence-corrected chi connectivity index (χ4v) is 6.07. The van der Waals surface area contributed by atoms with E-state index >= 15 is 0 Å². The van der Waals surface area contributed by atoms with Gasteiger partial charge in [0.2, 0.25) is 27.7 Å². The van der Waals surface area contributed by atoms with Crippen LogP contribution in [0, 0.1) is 0 Å². The average molecular weight is 667 g/mol. The minimum absolute atomic E-state index is 0.00879. The number of hydrogen-bond acceptors (Lipinski definition) is 5. The number of aliphatic imine (C=N–C) groups is 2. The Morgan fingerprint density at radius 3 is 2.09 bits per heavy atom. The molecular weight excluding hydrogens is 641 g/mol. The van der Waals surface area contributed by atoms with Gasteiger partial charge >= 0.3 is 6.18 Å². The summed E-state index contributed by atoms with van der Waals surface area (Å²) >= 11 is 6.12. The molecule has 4 aromatic carbocycles. The number of halogens is 4. The van der Waals surface area contributed by atoms with Crippen LogP contribution in [0.3, 0.4) is 0 Å². The third-order valence-corrected chi connectivity index (χ3v) is 8.92. The zero-order chi connectivity index (χ0) is 33.1. The van der Waals surface area contributed by atoms with Crippen LogP contribution in [0.2, 0.25) is 5.02 Å². The molecule has 14 heteroatoms. The number of amides is 1. The van der Waals surface area contributed by atoms with Crippen molar-refractivity contribution in [3.8, 4) is 0 Å². The van der Waals surface area contributed by atoms with Crippen molar-refractivity contribution in [2.75, 3.05) is 6.54 Å². The Bertz CT molecular complexity index is 1930. The maximum atomic E-state index is 13.1. The normalized spacial score (nSPS) is 15.9. The lowest BCUT2D eigenvalue weighted by Crippen LogP contribution is -2.37. The van der Waals surface area contributed by atoms with Gasteiger partial charge in [-0.05, 0) is 71.8 Å². The summed E-state index contributed by atoms with van der Waals surface area (Å²) in [4.78, 5) is 20.1. The minimum Gasteiger partial charge on any atom is -0.369 e. The molecule has 5 rings (SSSR count). The lowest BCUT2D eigenvalue weighted by Gasteiger charge is -2.16. The van der Waals surface area contributed by atoms with Crippen LogP contribution in [0.1, 0.15) is 29.5 Å². The van der Waals surface area contributed by atoms with Gasteiger partial charge in [-0.25, -0.2) is 18.4 Å². The van der Waals surface area contributed by atoms with Gasteiger partial charge < -0.3 is 5.73 Å². The molecule has 0 radical (unpaired) electrons. The Balaban J connectivity index is 1.51. The molecule has 0 spiro atoms. The Morgan fingerprint density at radius 1 is 0.935 bits per heavy atom. The van der Waals surface area contributed by atoms with E-state index in [1.807, 2.05) is 42.5 Å². The number of benzene rings is 4. The highest BCUT2D eigenvalue weighted by Crippen LogP contribution is 2.32. The zero-order valence-corrected chi connectivity index (χ0v) is 25.7. The highest BCUT2D eigenvalue weighted by Gasteiger charge is 2.32. The lowest BCUT2D eigenvalue weighted by molar-refractivity contribution is -0.137. The molecule has 0 saturated heterocycles. The Morgan fingerprint density at radius 2 is 1.52 bits per heavy atom. The molecule has 0 unspecified atom stereocenters. The Labute approximate surface area is 267 Å². The maximum absolute atomic E-state index is 13.1. The van der Waals surface area contributed by atoms with Gasteiger partial charge in [-0.3, -0.25) is 10.1 Å². The van der Waals surface area contributed by atoms with Gasteiger partial charge in [-0.1, -0.05) is 54.1 Å². The fraction of sp³-hybridized carbons (Fsp3) is 0.125. The SMILES string of the molecule is CC(=O)NC(N)=NC(=Nc1ccc(S(=O)(=O)c2ccc(C(F)(F)F)cc2)cc1)N1C[C@H](c2ccccc2)C(c2ccc(Cl)cc2)=N1. The first-order valence-electron chi connectivity index (χ1n) is 13.7. The Kier molecular flexibility index (Phi) is 9.26. The summed E-state index contributed by atoms with van der Waals surface area (Å²) in [6.45, 7) is 1.57. The van der Waals surface area contributed by atoms with E-state index in [2.05, 4.69) is 15.3 Å². The second-order valence-electron chi connectivity index (χ2n) is 10.1. The van der Waals surface area contributed by atoms with Crippen LogP contribution >= 0.6 is 11.6 Å². The van der Waals surface area contributed by atoms with Gasteiger partial charge in [-0.2, -0.15) is 23.3 Å². The van der Waals surface area contributed by atoms with Gasteiger partial charge in [0.1, 0.15) is 0 Å². The van der Waals surface area contributed by atoms with Gasteiger partial charge in [0.25, 0.3) is 0 Å². The fourth-order valence-electron chi connectivity index (χ4n) is 4.69. The van der Waals surface area contributed by atoms with Crippen molar-refractivity contribution in [1.82, 2.24) is 10.3 Å². The number of nitrogens with zero attached hydrogens (tertiary/aromatic N) is 4. The van der Waals surface area contributed by atoms with Crippen LogP contribution < -0.4 is 11.1 Å². The smallest absolute Gasteiger partial charge is 0.369 e. The number of nitrogens with one attached hydrogen (secondary N) is 1. The van der Waals surface area contributed by atoms with Gasteiger partial charge in [0.15, 0.2) is 0 Å². The molecule has 236 valence electrons. The van der Waals surface area contributed by atoms with E-state index in [-0.39, 0.29) is 33.3 Å². The number of alkyl halides is 3. The topological polar surface area (TPSA) is 130 Å². The largest absolute Gasteiger partial charge is 0.416 e. The number of guanidine groups is 2. The third-order valence-electron chi connectivity index (χ3n) is 6.88. The van der Waals surface area contributed by atoms with Crippen molar-refractivity contribution >= 4 is 50.7 Å². The lowest BCUT2D eigenvalue weighted by atomic mass is 9.91. The van der Waals surface area contributed by atoms with Crippen molar-refractivity contribution in [3.63, 3.8) is 0 Å². The summed E-state index contributed by atoms with van der Waals surface area (Å²) in [7, 11) is -4.13. The molecule has 1 aliphatic rings. The predicted molar refractivity (Wildman–Crippen MR) is 170 cm³/mol. The van der Waals surface area contributed by atoms with Crippen molar-refractivity contribution in [2.45, 2.75) is 28.8 Å². The predicted octanol–water partition coefficient (Wildman–Crippen LogP) is 6.13. The van der Waals surface area contributed by atoms with Crippen molar-refractivity contribution in [3.05, 3.63) is 125 Å². The van der Waals surface area contributed by atoms with Crippen LogP contribution in [-0.2, 0) is 20.8 Å². The highest BCUT2D eigenvalue weighted by atomic mass is 35.5. The molecule has 9 nitrogen and oxygen atoms in total. The van der Waals surface area contributed by atoms with Gasteiger partial charge in [0.05, 0.1) is 33.3 Å². The summed E-state index contributed by atoms with van der Waals surface area (Å²) in [5, 5.41) is 9.32. The van der Waals surface area contributed by atoms with Crippen LogP contribution in [0.5, 0.6) is 0 Å². The van der Waals surface area contributed by atoms with Crippen molar-refractivity contribution in [2.24, 2.45) is 20.8 Å². The average Bonchev–Trinajstić information content (AvgIpc) is 3.47. The summed E-state index contributed by atoms with van der Waals surface area (Å²) in [6.07, 6.45) is -4.60. The maximum Gasteiger partial charge on any atom is 0.416 e. The molecule has 4 aromatic rings. The summed E-state index contributed by atoms with van der Waals surface area (Å²) in [5.74, 6) is -0.887. The number of carbonyl (C=O) groups is 1. The zero-order valence-electron chi connectivity index (χ0n) is 24.1. The molecule has 0 saturated carbocycles. The number of sulfone groups is 1. The molecule has 1 atom stereocenters. The summed E-state index contributed by atoms with van der Waals surface area (Å²) in [5.41, 5.74) is 7.81. The molecule has 46 heavy (non-hydrogen) atoms. The molecule has 1 amide bonds. The highest BCUT2D eigenvalue weighted by molar-refractivity contribution is 7.91. The van der Waals surface area contributed by atoms with Gasteiger partial charge in [-0.15, -0.1) is 0 Å². The number of hydrazone groups is 1. The first-order chi connectivity index (χ1) is 21.8. The summed E-state index contributed by atoms with van der Waals surface area (Å²) in [6, 6.07) is 25.5. The second kappa shape index (κ2) is 13.2. The number of nitrogens with two attached hydrogens (primary N) is 1. The van der Waals surface area contributed by atoms with Gasteiger partial charge in [0, 0.05) is 17.9 Å². The van der Waals surface area contributed by atoms with E-state index in [4.69, 9.17) is 22.4 Å². The molecule has 0 fully saturated rings. The quantitative estimate of drug-likeness (QED) is 0.195.